The molecule has 1 aliphatic heterocycles. The van der Waals surface area contributed by atoms with Crippen LogP contribution in [0.2, 0.25) is 0 Å². The molecule has 2 unspecified atom stereocenters. The fourth-order valence-corrected chi connectivity index (χ4v) is 1.68. The Balaban J connectivity index is 2.11. The topological polar surface area (TPSA) is 40.4 Å². The first-order chi connectivity index (χ1) is 6.64. The summed E-state index contributed by atoms with van der Waals surface area (Å²) in [5.74, 6) is 0.765. The second-order valence-electron chi connectivity index (χ2n) is 4.39. The molecular formula is C11H23NO2. The number of rotatable bonds is 7. The van der Waals surface area contributed by atoms with Gasteiger partial charge in [0, 0.05) is 13.7 Å². The van der Waals surface area contributed by atoms with E-state index in [0.717, 1.165) is 25.4 Å². The van der Waals surface area contributed by atoms with Crippen molar-refractivity contribution < 1.29 is 9.47 Å². The van der Waals surface area contributed by atoms with Crippen LogP contribution in [-0.2, 0) is 9.47 Å². The minimum Gasteiger partial charge on any atom is -0.362 e. The molecule has 1 aliphatic rings. The van der Waals surface area contributed by atoms with Crippen LogP contribution in [0.4, 0.5) is 0 Å². The van der Waals surface area contributed by atoms with E-state index in [1.807, 2.05) is 0 Å². The van der Waals surface area contributed by atoms with Crippen molar-refractivity contribution in [3.63, 3.8) is 0 Å². The molecule has 3 nitrogen and oxygen atoms in total. The van der Waals surface area contributed by atoms with Crippen LogP contribution in [0.15, 0.2) is 0 Å². The maximum absolute atomic E-state index is 5.81. The number of nitrogens with one attached hydrogen (secondary N) is 1. The van der Waals surface area contributed by atoms with Crippen molar-refractivity contribution in [2.45, 2.75) is 52.0 Å². The molecule has 1 N–H and O–H groups in total. The van der Waals surface area contributed by atoms with E-state index in [2.05, 4.69) is 26.1 Å². The number of ether oxygens (including phenoxy) is 2. The van der Waals surface area contributed by atoms with Crippen LogP contribution in [0, 0.1) is 5.92 Å². The minimum absolute atomic E-state index is 0.103. The third kappa shape index (κ3) is 2.94. The van der Waals surface area contributed by atoms with Gasteiger partial charge in [-0.1, -0.05) is 20.8 Å². The first kappa shape index (κ1) is 12.0. The molecule has 0 bridgehead atoms. The van der Waals surface area contributed by atoms with Crippen LogP contribution in [0.25, 0.3) is 0 Å². The quantitative estimate of drug-likeness (QED) is 0.506. The lowest BCUT2D eigenvalue weighted by atomic mass is 10.1. The molecule has 84 valence electrons. The fraction of sp³-hybridized carbons (Fsp3) is 1.00. The van der Waals surface area contributed by atoms with Crippen molar-refractivity contribution in [3.05, 3.63) is 0 Å². The average Bonchev–Trinajstić information content (AvgIpc) is 2.87. The third-order valence-corrected chi connectivity index (χ3v) is 2.76. The monoisotopic (exact) mass is 201 g/mol. The summed E-state index contributed by atoms with van der Waals surface area (Å²) in [5, 5.41) is 3.23. The Kier molecular flexibility index (Phi) is 4.35. The molecule has 0 saturated carbocycles. The fourth-order valence-electron chi connectivity index (χ4n) is 1.68. The molecule has 14 heavy (non-hydrogen) atoms. The van der Waals surface area contributed by atoms with E-state index in [1.165, 1.54) is 6.42 Å². The lowest BCUT2D eigenvalue weighted by molar-refractivity contribution is -0.0171. The zero-order valence-corrected chi connectivity index (χ0v) is 9.80. The van der Waals surface area contributed by atoms with Crippen molar-refractivity contribution in [2.24, 2.45) is 5.92 Å². The van der Waals surface area contributed by atoms with Gasteiger partial charge in [-0.25, -0.2) is 0 Å². The molecule has 3 heteroatoms. The Hall–Kier alpha value is -0.120. The van der Waals surface area contributed by atoms with Crippen LogP contribution in [0.1, 0.15) is 40.0 Å². The van der Waals surface area contributed by atoms with E-state index in [9.17, 15) is 0 Å². The maximum Gasteiger partial charge on any atom is 0.160 e. The van der Waals surface area contributed by atoms with Crippen LogP contribution in [0.3, 0.4) is 0 Å². The molecule has 0 radical (unpaired) electrons. The van der Waals surface area contributed by atoms with Gasteiger partial charge < -0.3 is 9.47 Å². The van der Waals surface area contributed by atoms with Gasteiger partial charge in [0.2, 0.25) is 0 Å². The summed E-state index contributed by atoms with van der Waals surface area (Å²) >= 11 is 0. The highest BCUT2D eigenvalue weighted by Crippen LogP contribution is 2.32. The highest BCUT2D eigenvalue weighted by atomic mass is 16.6. The van der Waals surface area contributed by atoms with E-state index < -0.39 is 0 Å². The molecular weight excluding hydrogens is 178 g/mol. The van der Waals surface area contributed by atoms with Gasteiger partial charge in [0.05, 0.1) is 0 Å². The summed E-state index contributed by atoms with van der Waals surface area (Å²) in [6.07, 6.45) is 3.44. The zero-order valence-electron chi connectivity index (χ0n) is 9.80. The van der Waals surface area contributed by atoms with Gasteiger partial charge >= 0.3 is 0 Å². The molecule has 0 spiro atoms. The largest absolute Gasteiger partial charge is 0.362 e. The SMILES string of the molecule is CCC1(OCCCC(C)C)NC1OC. The first-order valence-corrected chi connectivity index (χ1v) is 5.59. The summed E-state index contributed by atoms with van der Waals surface area (Å²) in [5.41, 5.74) is -0.175. The van der Waals surface area contributed by atoms with Gasteiger partial charge in [-0.15, -0.1) is 0 Å². The first-order valence-electron chi connectivity index (χ1n) is 5.59. The highest BCUT2D eigenvalue weighted by molar-refractivity contribution is 5.00. The van der Waals surface area contributed by atoms with Gasteiger partial charge in [-0.05, 0) is 25.2 Å². The highest BCUT2D eigenvalue weighted by Gasteiger charge is 2.54. The Labute approximate surface area is 87.2 Å². The minimum atomic E-state index is -0.175. The smallest absolute Gasteiger partial charge is 0.160 e. The second-order valence-corrected chi connectivity index (χ2v) is 4.39. The summed E-state index contributed by atoms with van der Waals surface area (Å²) in [4.78, 5) is 0. The van der Waals surface area contributed by atoms with E-state index in [1.54, 1.807) is 7.11 Å². The number of hydrogen-bond acceptors (Lipinski definition) is 3. The predicted octanol–water partition coefficient (Wildman–Crippen LogP) is 2.12. The third-order valence-electron chi connectivity index (χ3n) is 2.76. The van der Waals surface area contributed by atoms with Gasteiger partial charge in [-0.3, -0.25) is 5.32 Å². The van der Waals surface area contributed by atoms with Gasteiger partial charge in [0.15, 0.2) is 12.0 Å². The van der Waals surface area contributed by atoms with Crippen LogP contribution in [-0.4, -0.2) is 25.7 Å². The van der Waals surface area contributed by atoms with Crippen molar-refractivity contribution in [2.75, 3.05) is 13.7 Å². The van der Waals surface area contributed by atoms with Crippen LogP contribution >= 0.6 is 0 Å². The predicted molar refractivity (Wildman–Crippen MR) is 57.0 cm³/mol. The summed E-state index contributed by atoms with van der Waals surface area (Å²) < 4.78 is 11.0. The van der Waals surface area contributed by atoms with Crippen molar-refractivity contribution in [1.82, 2.24) is 5.32 Å². The van der Waals surface area contributed by atoms with Crippen molar-refractivity contribution >= 4 is 0 Å². The molecule has 1 rings (SSSR count). The number of methoxy groups -OCH3 is 1. The summed E-state index contributed by atoms with van der Waals surface area (Å²) in [7, 11) is 1.71. The molecule has 1 saturated heterocycles. The Bertz CT molecular complexity index is 173. The summed E-state index contributed by atoms with van der Waals surface area (Å²) in [6, 6.07) is 0. The average molecular weight is 201 g/mol. The van der Waals surface area contributed by atoms with Gasteiger partial charge in [0.1, 0.15) is 0 Å². The van der Waals surface area contributed by atoms with Crippen molar-refractivity contribution in [1.29, 1.82) is 0 Å². The Morgan fingerprint density at radius 2 is 2.14 bits per heavy atom. The lowest BCUT2D eigenvalue weighted by Crippen LogP contribution is -2.22. The van der Waals surface area contributed by atoms with Crippen LogP contribution < -0.4 is 5.32 Å². The van der Waals surface area contributed by atoms with Crippen LogP contribution in [0.5, 0.6) is 0 Å². The molecule has 0 aliphatic carbocycles. The maximum atomic E-state index is 5.81. The molecule has 2 atom stereocenters. The normalized spacial score (nSPS) is 31.1. The number of hydrogen-bond donors (Lipinski definition) is 1. The molecule has 0 aromatic carbocycles. The molecule has 0 amide bonds. The Morgan fingerprint density at radius 1 is 1.43 bits per heavy atom. The molecule has 0 aromatic heterocycles. The van der Waals surface area contributed by atoms with E-state index in [4.69, 9.17) is 9.47 Å². The van der Waals surface area contributed by atoms with Gasteiger partial charge in [-0.2, -0.15) is 0 Å². The second kappa shape index (κ2) is 5.10. The molecule has 1 heterocycles. The lowest BCUT2D eigenvalue weighted by Gasteiger charge is -2.14. The van der Waals surface area contributed by atoms with E-state index in [0.29, 0.717) is 0 Å². The molecule has 1 fully saturated rings. The summed E-state index contributed by atoms with van der Waals surface area (Å²) in [6.45, 7) is 7.43. The van der Waals surface area contributed by atoms with E-state index in [-0.39, 0.29) is 12.0 Å². The standard InChI is InChI=1S/C11H23NO2/c1-5-11(10(12-11)13-4)14-8-6-7-9(2)3/h9-10,12H,5-8H2,1-4H3. The van der Waals surface area contributed by atoms with E-state index >= 15 is 0 Å². The van der Waals surface area contributed by atoms with Crippen molar-refractivity contribution in [3.8, 4) is 0 Å². The Morgan fingerprint density at radius 3 is 2.57 bits per heavy atom. The molecule has 0 aromatic rings. The zero-order chi connectivity index (χ0) is 10.6. The van der Waals surface area contributed by atoms with Gasteiger partial charge in [0.25, 0.3) is 0 Å².